The molecule has 0 saturated heterocycles. The van der Waals surface area contributed by atoms with Crippen molar-refractivity contribution in [3.05, 3.63) is 33.3 Å². The Hall–Kier alpha value is -1.16. The van der Waals surface area contributed by atoms with Crippen LogP contribution in [0.15, 0.2) is 16.6 Å². The van der Waals surface area contributed by atoms with Crippen molar-refractivity contribution in [3.63, 3.8) is 0 Å². The van der Waals surface area contributed by atoms with Crippen LogP contribution in [0.1, 0.15) is 55.6 Å². The molecule has 0 amide bonds. The summed E-state index contributed by atoms with van der Waals surface area (Å²) in [5.41, 5.74) is 3.59. The number of carbonyl (C=O) groups is 1. The normalized spacial score (nSPS) is 16.3. The zero-order chi connectivity index (χ0) is 16.7. The molecule has 0 fully saturated rings. The van der Waals surface area contributed by atoms with Crippen molar-refractivity contribution >= 4 is 27.3 Å². The van der Waals surface area contributed by atoms with Gasteiger partial charge in [0.25, 0.3) is 0 Å². The molecule has 0 spiro atoms. The lowest BCUT2D eigenvalue weighted by molar-refractivity contribution is 0.0955. The molecule has 1 aromatic rings. The van der Waals surface area contributed by atoms with Gasteiger partial charge in [0.2, 0.25) is 0 Å². The Balaban J connectivity index is 2.83. The third kappa shape index (κ3) is 2.73. The monoisotopic (exact) mass is 368 g/mol. The number of Topliss-reactive ketones (excluding diaryl/α,β-unsaturated/α-hetero) is 1. The number of benzene rings is 1. The smallest absolute Gasteiger partial charge is 0.197 e. The zero-order valence-corrected chi connectivity index (χ0v) is 15.3. The van der Waals surface area contributed by atoms with E-state index in [1.807, 2.05) is 0 Å². The molecule has 120 valence electrons. The summed E-state index contributed by atoms with van der Waals surface area (Å²) in [5.74, 6) is 0.217. The van der Waals surface area contributed by atoms with Crippen LogP contribution < -0.4 is 4.74 Å². The molecule has 2 nitrogen and oxygen atoms in total. The van der Waals surface area contributed by atoms with Crippen LogP contribution in [0.3, 0.4) is 0 Å². The molecule has 0 aromatic heterocycles. The van der Waals surface area contributed by atoms with Gasteiger partial charge < -0.3 is 4.74 Å². The highest BCUT2D eigenvalue weighted by molar-refractivity contribution is 9.10. The first-order valence-electron chi connectivity index (χ1n) is 7.45. The van der Waals surface area contributed by atoms with E-state index in [4.69, 9.17) is 4.74 Å². The van der Waals surface area contributed by atoms with Crippen LogP contribution in [0.5, 0.6) is 5.75 Å². The van der Waals surface area contributed by atoms with Crippen LogP contribution >= 0.6 is 15.9 Å². The maximum atomic E-state index is 12.9. The molecule has 1 aliphatic rings. The van der Waals surface area contributed by atoms with Gasteiger partial charge in [0, 0.05) is 0 Å². The quantitative estimate of drug-likeness (QED) is 0.671. The molecule has 0 heterocycles. The van der Waals surface area contributed by atoms with Gasteiger partial charge in [-0.15, -0.1) is 0 Å². The molecule has 1 aliphatic carbocycles. The van der Waals surface area contributed by atoms with E-state index in [0.717, 1.165) is 22.0 Å². The number of hydrogen-bond donors (Lipinski definition) is 0. The number of methoxy groups -OCH3 is 1. The van der Waals surface area contributed by atoms with E-state index in [1.54, 1.807) is 6.07 Å². The van der Waals surface area contributed by atoms with E-state index >= 15 is 0 Å². The van der Waals surface area contributed by atoms with Crippen molar-refractivity contribution in [1.82, 2.24) is 0 Å². The van der Waals surface area contributed by atoms with E-state index in [2.05, 4.69) is 49.7 Å². The molecule has 0 atom stereocenters. The summed E-state index contributed by atoms with van der Waals surface area (Å²) < 4.78 is 19.1. The minimum atomic E-state index is -1.02. The molecule has 0 aliphatic heterocycles. The van der Waals surface area contributed by atoms with Gasteiger partial charge in [0.15, 0.2) is 12.5 Å². The third-order valence-electron chi connectivity index (χ3n) is 4.29. The second kappa shape index (κ2) is 6.15. The van der Waals surface area contributed by atoms with Crippen LogP contribution in [0.2, 0.25) is 0 Å². The second-order valence-corrected chi connectivity index (χ2v) is 7.45. The van der Waals surface area contributed by atoms with Gasteiger partial charge in [-0.1, -0.05) is 33.8 Å². The SMILES string of the molecule is COc1c(C(=O)CF)cc2c(c1Br)C(C)(C)CC=C2C(C)C. The fourth-order valence-corrected chi connectivity index (χ4v) is 4.25. The fraction of sp³-hybridized carbons (Fsp3) is 0.500. The summed E-state index contributed by atoms with van der Waals surface area (Å²) in [6.07, 6.45) is 3.15. The van der Waals surface area contributed by atoms with Gasteiger partial charge in [-0.05, 0) is 56.5 Å². The molecule has 4 heteroatoms. The average molecular weight is 369 g/mol. The molecule has 0 unspecified atom stereocenters. The minimum Gasteiger partial charge on any atom is -0.495 e. The number of ketones is 1. The molecule has 2 rings (SSSR count). The van der Waals surface area contributed by atoms with Gasteiger partial charge in [-0.2, -0.15) is 0 Å². The summed E-state index contributed by atoms with van der Waals surface area (Å²) in [5, 5.41) is 0. The van der Waals surface area contributed by atoms with Gasteiger partial charge in [0.05, 0.1) is 17.1 Å². The Morgan fingerprint density at radius 1 is 1.45 bits per heavy atom. The van der Waals surface area contributed by atoms with Crippen molar-refractivity contribution in [3.8, 4) is 5.75 Å². The van der Waals surface area contributed by atoms with Crippen molar-refractivity contribution in [2.75, 3.05) is 13.8 Å². The first-order valence-corrected chi connectivity index (χ1v) is 8.24. The number of hydrogen-bond acceptors (Lipinski definition) is 2. The average Bonchev–Trinajstić information content (AvgIpc) is 2.44. The number of ether oxygens (including phenoxy) is 1. The number of fused-ring (bicyclic) bond motifs is 1. The topological polar surface area (TPSA) is 26.3 Å². The summed E-state index contributed by atoms with van der Waals surface area (Å²) in [6.45, 7) is 7.57. The van der Waals surface area contributed by atoms with Crippen LogP contribution in [-0.4, -0.2) is 19.6 Å². The van der Waals surface area contributed by atoms with E-state index in [9.17, 15) is 9.18 Å². The fourth-order valence-electron chi connectivity index (χ4n) is 3.12. The maximum Gasteiger partial charge on any atom is 0.197 e. The molecule has 1 aromatic carbocycles. The van der Waals surface area contributed by atoms with Gasteiger partial charge in [-0.3, -0.25) is 4.79 Å². The molecular formula is C18H22BrFO2. The van der Waals surface area contributed by atoms with E-state index < -0.39 is 12.5 Å². The van der Waals surface area contributed by atoms with Crippen LogP contribution in [-0.2, 0) is 5.41 Å². The van der Waals surface area contributed by atoms with Crippen LogP contribution in [0.4, 0.5) is 4.39 Å². The largest absolute Gasteiger partial charge is 0.495 e. The highest BCUT2D eigenvalue weighted by Gasteiger charge is 2.34. The van der Waals surface area contributed by atoms with E-state index in [0.29, 0.717) is 17.2 Å². The Kier molecular flexibility index (Phi) is 4.81. The lowest BCUT2D eigenvalue weighted by Gasteiger charge is -2.35. The number of alkyl halides is 1. The highest BCUT2D eigenvalue weighted by atomic mass is 79.9. The van der Waals surface area contributed by atoms with Crippen molar-refractivity contribution in [2.24, 2.45) is 5.92 Å². The number of allylic oxidation sites excluding steroid dienone is 2. The number of carbonyl (C=O) groups excluding carboxylic acids is 1. The van der Waals surface area contributed by atoms with Crippen molar-refractivity contribution in [1.29, 1.82) is 0 Å². The van der Waals surface area contributed by atoms with Gasteiger partial charge >= 0.3 is 0 Å². The Bertz CT molecular complexity index is 645. The molecule has 0 radical (unpaired) electrons. The maximum absolute atomic E-state index is 12.9. The first kappa shape index (κ1) is 17.2. The molecular weight excluding hydrogens is 347 g/mol. The van der Waals surface area contributed by atoms with Crippen LogP contribution in [0, 0.1) is 5.92 Å². The predicted octanol–water partition coefficient (Wildman–Crippen LogP) is 5.33. The number of halogens is 2. The van der Waals surface area contributed by atoms with Crippen LogP contribution in [0.25, 0.3) is 5.57 Å². The van der Waals surface area contributed by atoms with E-state index in [-0.39, 0.29) is 5.41 Å². The second-order valence-electron chi connectivity index (χ2n) is 6.65. The summed E-state index contributed by atoms with van der Waals surface area (Å²) in [6, 6.07) is 1.80. The number of rotatable bonds is 4. The Morgan fingerprint density at radius 2 is 2.09 bits per heavy atom. The minimum absolute atomic E-state index is 0.0723. The van der Waals surface area contributed by atoms with Gasteiger partial charge in [-0.25, -0.2) is 4.39 Å². The lowest BCUT2D eigenvalue weighted by atomic mass is 9.71. The molecule has 0 saturated carbocycles. The predicted molar refractivity (Wildman–Crippen MR) is 91.5 cm³/mol. The Labute approximate surface area is 139 Å². The van der Waals surface area contributed by atoms with Crippen molar-refractivity contribution in [2.45, 2.75) is 39.5 Å². The molecule has 22 heavy (non-hydrogen) atoms. The Morgan fingerprint density at radius 3 is 2.59 bits per heavy atom. The van der Waals surface area contributed by atoms with Gasteiger partial charge in [0.1, 0.15) is 5.75 Å². The van der Waals surface area contributed by atoms with Crippen molar-refractivity contribution < 1.29 is 13.9 Å². The third-order valence-corrected chi connectivity index (χ3v) is 5.05. The molecule has 0 bridgehead atoms. The summed E-state index contributed by atoms with van der Waals surface area (Å²) in [7, 11) is 1.51. The molecule has 0 N–H and O–H groups in total. The summed E-state index contributed by atoms with van der Waals surface area (Å²) >= 11 is 3.60. The lowest BCUT2D eigenvalue weighted by Crippen LogP contribution is -2.24. The zero-order valence-electron chi connectivity index (χ0n) is 13.7. The highest BCUT2D eigenvalue weighted by Crippen LogP contribution is 2.49. The van der Waals surface area contributed by atoms with E-state index in [1.165, 1.54) is 12.7 Å². The standard InChI is InChI=1S/C18H22BrFO2/c1-10(2)11-6-7-18(3,4)15-12(11)8-13(14(21)9-20)17(22-5)16(15)19/h6,8,10H,7,9H2,1-5H3. The first-order chi connectivity index (χ1) is 10.2. The summed E-state index contributed by atoms with van der Waals surface area (Å²) in [4.78, 5) is 12.0.